The molecule has 1 heterocycles. The van der Waals surface area contributed by atoms with E-state index in [1.54, 1.807) is 30.3 Å². The number of rotatable bonds is 5. The molecule has 2 aromatic rings. The van der Waals surface area contributed by atoms with Gasteiger partial charge in [-0.15, -0.1) is 0 Å². The lowest BCUT2D eigenvalue weighted by molar-refractivity contribution is -0.0500. The van der Waals surface area contributed by atoms with Crippen molar-refractivity contribution in [1.82, 2.24) is 10.2 Å². The van der Waals surface area contributed by atoms with E-state index < -0.39 is 15.6 Å². The van der Waals surface area contributed by atoms with Crippen molar-refractivity contribution in [3.05, 3.63) is 53.1 Å². The molecule has 0 radical (unpaired) electrons. The lowest BCUT2D eigenvalue weighted by Crippen LogP contribution is -2.43. The second-order valence-corrected chi connectivity index (χ2v) is 8.27. The topological polar surface area (TPSA) is 58.6 Å². The average Bonchev–Trinajstić information content (AvgIpc) is 2.64. The predicted molar refractivity (Wildman–Crippen MR) is 101 cm³/mol. The Labute approximate surface area is 166 Å². The first kappa shape index (κ1) is 20.9. The SMILES string of the molecule is O=S(=O)(Oc1cccc(-c2ccc(Cl)cc2)c1CN1CCNCC1)C(F)(F)F. The Bertz CT molecular complexity index is 928. The van der Waals surface area contributed by atoms with Gasteiger partial charge >= 0.3 is 15.6 Å². The van der Waals surface area contributed by atoms with Gasteiger partial charge in [-0.2, -0.15) is 21.6 Å². The second kappa shape index (κ2) is 8.28. The van der Waals surface area contributed by atoms with Crippen molar-refractivity contribution >= 4 is 21.7 Å². The summed E-state index contributed by atoms with van der Waals surface area (Å²) in [5, 5.41) is 3.71. The van der Waals surface area contributed by atoms with Crippen molar-refractivity contribution in [2.45, 2.75) is 12.1 Å². The third-order valence-electron chi connectivity index (χ3n) is 4.36. The summed E-state index contributed by atoms with van der Waals surface area (Å²) < 4.78 is 66.1. The van der Waals surface area contributed by atoms with Crippen molar-refractivity contribution in [2.24, 2.45) is 0 Å². The predicted octanol–water partition coefficient (Wildman–Crippen LogP) is 3.64. The smallest absolute Gasteiger partial charge is 0.376 e. The van der Waals surface area contributed by atoms with Crippen LogP contribution in [0.4, 0.5) is 13.2 Å². The van der Waals surface area contributed by atoms with Crippen LogP contribution in [0.5, 0.6) is 5.75 Å². The zero-order chi connectivity index (χ0) is 20.4. The van der Waals surface area contributed by atoms with Gasteiger partial charge in [-0.25, -0.2) is 0 Å². The van der Waals surface area contributed by atoms with Gasteiger partial charge in [0.25, 0.3) is 0 Å². The van der Waals surface area contributed by atoms with Crippen LogP contribution in [0.15, 0.2) is 42.5 Å². The highest BCUT2D eigenvalue weighted by atomic mass is 35.5. The molecular weight excluding hydrogens is 417 g/mol. The lowest BCUT2D eigenvalue weighted by Gasteiger charge is -2.28. The standard InChI is InChI=1S/C18H18ClF3N2O3S/c19-14-6-4-13(5-7-14)15-2-1-3-17(27-28(25,26)18(20,21)22)16(15)12-24-10-8-23-9-11-24/h1-7,23H,8-12H2. The summed E-state index contributed by atoms with van der Waals surface area (Å²) in [6.07, 6.45) is 0. The average molecular weight is 435 g/mol. The van der Waals surface area contributed by atoms with Crippen LogP contribution in [0.25, 0.3) is 11.1 Å². The molecular formula is C18H18ClF3N2O3S. The van der Waals surface area contributed by atoms with Crippen molar-refractivity contribution in [1.29, 1.82) is 0 Å². The number of nitrogens with one attached hydrogen (secondary N) is 1. The fraction of sp³-hybridized carbons (Fsp3) is 0.333. The largest absolute Gasteiger partial charge is 0.534 e. The molecule has 1 saturated heterocycles. The first-order chi connectivity index (χ1) is 13.2. The molecule has 1 aliphatic heterocycles. The van der Waals surface area contributed by atoms with Gasteiger partial charge < -0.3 is 9.50 Å². The maximum Gasteiger partial charge on any atom is 0.534 e. The second-order valence-electron chi connectivity index (χ2n) is 6.30. The van der Waals surface area contributed by atoms with Crippen LogP contribution in [0.1, 0.15) is 5.56 Å². The molecule has 28 heavy (non-hydrogen) atoms. The minimum atomic E-state index is -5.77. The molecule has 0 amide bonds. The van der Waals surface area contributed by atoms with E-state index in [0.717, 1.165) is 13.1 Å². The Kier molecular flexibility index (Phi) is 6.18. The summed E-state index contributed by atoms with van der Waals surface area (Å²) in [6.45, 7) is 3.09. The minimum absolute atomic E-state index is 0.253. The van der Waals surface area contributed by atoms with Gasteiger partial charge in [0, 0.05) is 43.3 Å². The normalized spacial score (nSPS) is 16.1. The summed E-state index contributed by atoms with van der Waals surface area (Å²) in [6, 6.07) is 11.2. The monoisotopic (exact) mass is 434 g/mol. The van der Waals surface area contributed by atoms with E-state index in [9.17, 15) is 21.6 Å². The first-order valence-corrected chi connectivity index (χ1v) is 10.3. The van der Waals surface area contributed by atoms with E-state index in [-0.39, 0.29) is 12.3 Å². The van der Waals surface area contributed by atoms with Crippen LogP contribution < -0.4 is 9.50 Å². The summed E-state index contributed by atoms with van der Waals surface area (Å²) >= 11 is 5.92. The van der Waals surface area contributed by atoms with E-state index in [0.29, 0.717) is 34.8 Å². The molecule has 0 aromatic heterocycles. The number of piperazine rings is 1. The number of benzene rings is 2. The molecule has 0 aliphatic carbocycles. The first-order valence-electron chi connectivity index (χ1n) is 8.49. The van der Waals surface area contributed by atoms with Crippen LogP contribution in [-0.2, 0) is 16.7 Å². The minimum Gasteiger partial charge on any atom is -0.376 e. The summed E-state index contributed by atoms with van der Waals surface area (Å²) in [5.41, 5.74) is -3.84. The summed E-state index contributed by atoms with van der Waals surface area (Å²) in [4.78, 5) is 2.03. The molecule has 0 bridgehead atoms. The molecule has 0 atom stereocenters. The summed E-state index contributed by atoms with van der Waals surface area (Å²) in [7, 11) is -5.77. The molecule has 5 nitrogen and oxygen atoms in total. The van der Waals surface area contributed by atoms with Gasteiger partial charge in [0.05, 0.1) is 0 Å². The van der Waals surface area contributed by atoms with Crippen molar-refractivity contribution in [3.8, 4) is 16.9 Å². The molecule has 1 N–H and O–H groups in total. The third-order valence-corrected chi connectivity index (χ3v) is 5.58. The van der Waals surface area contributed by atoms with E-state index in [1.165, 1.54) is 12.1 Å². The van der Waals surface area contributed by atoms with Crippen molar-refractivity contribution in [3.63, 3.8) is 0 Å². The molecule has 10 heteroatoms. The molecule has 3 rings (SSSR count). The Morgan fingerprint density at radius 3 is 2.32 bits per heavy atom. The van der Waals surface area contributed by atoms with Gasteiger partial charge in [0.1, 0.15) is 5.75 Å². The van der Waals surface area contributed by atoms with Gasteiger partial charge in [-0.05, 0) is 29.3 Å². The van der Waals surface area contributed by atoms with Crippen LogP contribution in [-0.4, -0.2) is 45.0 Å². The van der Waals surface area contributed by atoms with Gasteiger partial charge in [0.2, 0.25) is 0 Å². The number of hydrogen-bond acceptors (Lipinski definition) is 5. The van der Waals surface area contributed by atoms with Crippen molar-refractivity contribution in [2.75, 3.05) is 26.2 Å². The number of halogens is 4. The molecule has 0 spiro atoms. The highest BCUT2D eigenvalue weighted by Crippen LogP contribution is 2.35. The zero-order valence-corrected chi connectivity index (χ0v) is 16.2. The van der Waals surface area contributed by atoms with Gasteiger partial charge in [0.15, 0.2) is 0 Å². The van der Waals surface area contributed by atoms with E-state index in [4.69, 9.17) is 11.6 Å². The number of nitrogens with zero attached hydrogens (tertiary/aromatic N) is 1. The highest BCUT2D eigenvalue weighted by Gasteiger charge is 2.48. The Morgan fingerprint density at radius 1 is 1.07 bits per heavy atom. The van der Waals surface area contributed by atoms with Crippen LogP contribution in [0.3, 0.4) is 0 Å². The van der Waals surface area contributed by atoms with Crippen LogP contribution in [0.2, 0.25) is 5.02 Å². The molecule has 1 aliphatic rings. The molecule has 0 unspecified atom stereocenters. The Hall–Kier alpha value is -1.81. The van der Waals surface area contributed by atoms with E-state index >= 15 is 0 Å². The Morgan fingerprint density at radius 2 is 1.71 bits per heavy atom. The third kappa shape index (κ3) is 4.78. The van der Waals surface area contributed by atoms with Crippen molar-refractivity contribution < 1.29 is 25.8 Å². The highest BCUT2D eigenvalue weighted by molar-refractivity contribution is 7.88. The van der Waals surface area contributed by atoms with E-state index in [1.807, 2.05) is 4.90 Å². The quantitative estimate of drug-likeness (QED) is 0.575. The Balaban J connectivity index is 2.05. The molecule has 0 saturated carbocycles. The van der Waals surface area contributed by atoms with E-state index in [2.05, 4.69) is 9.50 Å². The number of hydrogen-bond donors (Lipinski definition) is 1. The molecule has 1 fully saturated rings. The summed E-state index contributed by atoms with van der Waals surface area (Å²) in [5.74, 6) is -0.330. The van der Waals surface area contributed by atoms with Crippen LogP contribution in [0, 0.1) is 0 Å². The maximum absolute atomic E-state index is 12.8. The van der Waals surface area contributed by atoms with Crippen LogP contribution >= 0.6 is 11.6 Å². The fourth-order valence-electron chi connectivity index (χ4n) is 2.97. The molecule has 2 aromatic carbocycles. The molecule has 152 valence electrons. The lowest BCUT2D eigenvalue weighted by atomic mass is 9.98. The fourth-order valence-corrected chi connectivity index (χ4v) is 3.58. The maximum atomic E-state index is 12.8. The zero-order valence-electron chi connectivity index (χ0n) is 14.7. The van der Waals surface area contributed by atoms with Gasteiger partial charge in [-0.1, -0.05) is 35.9 Å². The number of alkyl halides is 3. The van der Waals surface area contributed by atoms with Gasteiger partial charge in [-0.3, -0.25) is 4.90 Å².